The molecule has 0 fully saturated rings. The van der Waals surface area contributed by atoms with E-state index in [2.05, 4.69) is 20.6 Å². The van der Waals surface area contributed by atoms with Crippen molar-refractivity contribution in [1.82, 2.24) is 9.97 Å². The molecule has 0 aliphatic carbocycles. The van der Waals surface area contributed by atoms with Crippen LogP contribution >= 0.6 is 0 Å². The molecule has 0 unspecified atom stereocenters. The van der Waals surface area contributed by atoms with Gasteiger partial charge in [-0.05, 0) is 18.2 Å². The number of ether oxygens (including phenoxy) is 3. The highest BCUT2D eigenvalue weighted by molar-refractivity contribution is 5.88. The van der Waals surface area contributed by atoms with E-state index < -0.39 is 18.2 Å². The third kappa shape index (κ3) is 5.63. The molecule has 9 nitrogen and oxygen atoms in total. The van der Waals surface area contributed by atoms with Crippen molar-refractivity contribution in [2.45, 2.75) is 6.61 Å². The minimum atomic E-state index is -0.881. The number of aliphatic hydroxyl groups is 1. The molecule has 1 heterocycles. The number of benzene rings is 2. The second kappa shape index (κ2) is 11.0. The molecule has 0 radical (unpaired) electrons. The van der Waals surface area contributed by atoms with Crippen molar-refractivity contribution in [2.75, 3.05) is 38.0 Å². The van der Waals surface area contributed by atoms with Gasteiger partial charge < -0.3 is 35.4 Å². The number of nitrogens with zero attached hydrogens (tertiary/aromatic N) is 2. The lowest BCUT2D eigenvalue weighted by Crippen LogP contribution is -2.08. The number of rotatable bonds is 11. The molecule has 2 aromatic carbocycles. The summed E-state index contributed by atoms with van der Waals surface area (Å²) in [5.41, 5.74) is 1.63. The van der Waals surface area contributed by atoms with E-state index in [1.165, 1.54) is 32.8 Å². The molecule has 11 heteroatoms. The smallest absolute Gasteiger partial charge is 0.227 e. The summed E-state index contributed by atoms with van der Waals surface area (Å²) in [5.74, 6) is -1.63. The van der Waals surface area contributed by atoms with Crippen molar-refractivity contribution >= 4 is 23.5 Å². The molecule has 0 amide bonds. The normalized spacial score (nSPS) is 10.5. The van der Waals surface area contributed by atoms with Crippen LogP contribution in [-0.4, -0.2) is 48.7 Å². The Balaban J connectivity index is 1.69. The highest BCUT2D eigenvalue weighted by atomic mass is 19.1. The van der Waals surface area contributed by atoms with Crippen LogP contribution < -0.4 is 24.8 Å². The number of aliphatic hydroxyl groups excluding tert-OH is 1. The van der Waals surface area contributed by atoms with Crippen LogP contribution in [0.2, 0.25) is 0 Å². The van der Waals surface area contributed by atoms with Gasteiger partial charge in [0.15, 0.2) is 28.9 Å². The first kappa shape index (κ1) is 23.7. The summed E-state index contributed by atoms with van der Waals surface area (Å²) >= 11 is 0. The molecule has 0 spiro atoms. The van der Waals surface area contributed by atoms with Gasteiger partial charge >= 0.3 is 0 Å². The first-order valence-electron chi connectivity index (χ1n) is 9.80. The molecule has 4 N–H and O–H groups in total. The van der Waals surface area contributed by atoms with E-state index in [0.717, 1.165) is 6.07 Å². The van der Waals surface area contributed by atoms with Crippen molar-refractivity contribution in [3.8, 4) is 17.2 Å². The van der Waals surface area contributed by atoms with Crippen LogP contribution in [0.25, 0.3) is 0 Å². The molecule has 33 heavy (non-hydrogen) atoms. The van der Waals surface area contributed by atoms with Gasteiger partial charge in [0.2, 0.25) is 5.95 Å². The van der Waals surface area contributed by atoms with Gasteiger partial charge in [0.25, 0.3) is 0 Å². The Bertz CT molecular complexity index is 1080. The number of anilines is 3. The van der Waals surface area contributed by atoms with Crippen molar-refractivity contribution in [2.24, 2.45) is 0 Å². The van der Waals surface area contributed by atoms with Crippen molar-refractivity contribution < 1.29 is 28.1 Å². The number of halogens is 2. The Labute approximate surface area is 188 Å². The topological polar surface area (TPSA) is 122 Å². The molecule has 0 saturated carbocycles. The standard InChI is InChI=1S/C22H23F2N5O4/c1-31-18-8-19(32-2)21(24)16(20(18)23)12-33-15-10-27-22(28-11-15)29-14-3-4-17(26-5-6-30)13(7-14)9-25/h3-4,7-11,25-26,30H,5-6,12H2,1-2H3,(H,27,28,29). The van der Waals surface area contributed by atoms with E-state index in [-0.39, 0.29) is 35.4 Å². The van der Waals surface area contributed by atoms with Crippen LogP contribution in [0.3, 0.4) is 0 Å². The van der Waals surface area contributed by atoms with Gasteiger partial charge in [0, 0.05) is 35.8 Å². The second-order valence-corrected chi connectivity index (χ2v) is 6.64. The zero-order valence-corrected chi connectivity index (χ0v) is 18.0. The maximum absolute atomic E-state index is 14.4. The highest BCUT2D eigenvalue weighted by Crippen LogP contribution is 2.32. The Morgan fingerprint density at radius 2 is 1.73 bits per heavy atom. The van der Waals surface area contributed by atoms with Crippen LogP contribution in [-0.2, 0) is 6.61 Å². The van der Waals surface area contributed by atoms with E-state index in [9.17, 15) is 8.78 Å². The molecule has 1 aromatic heterocycles. The summed E-state index contributed by atoms with van der Waals surface area (Å²) < 4.78 is 44.2. The predicted octanol–water partition coefficient (Wildman–Crippen LogP) is 3.50. The first-order valence-corrected chi connectivity index (χ1v) is 9.80. The zero-order valence-electron chi connectivity index (χ0n) is 18.0. The SMILES string of the molecule is COc1cc(OC)c(F)c(COc2cnc(Nc3ccc(NCCO)c(C=N)c3)nc2)c1F. The van der Waals surface area contributed by atoms with E-state index in [1.54, 1.807) is 18.2 Å². The Kier molecular flexibility index (Phi) is 7.92. The van der Waals surface area contributed by atoms with Gasteiger partial charge in [-0.2, -0.15) is 0 Å². The van der Waals surface area contributed by atoms with Crippen LogP contribution in [0, 0.1) is 17.0 Å². The summed E-state index contributed by atoms with van der Waals surface area (Å²) in [7, 11) is 2.54. The van der Waals surface area contributed by atoms with Crippen molar-refractivity contribution in [3.05, 3.63) is 59.4 Å². The molecule has 3 rings (SSSR count). The minimum absolute atomic E-state index is 0.0235. The lowest BCUT2D eigenvalue weighted by Gasteiger charge is -2.13. The van der Waals surface area contributed by atoms with Crippen molar-refractivity contribution in [1.29, 1.82) is 5.41 Å². The van der Waals surface area contributed by atoms with Gasteiger partial charge in [0.05, 0.1) is 38.8 Å². The molecule has 0 aliphatic rings. The van der Waals surface area contributed by atoms with E-state index in [4.69, 9.17) is 24.7 Å². The lowest BCUT2D eigenvalue weighted by molar-refractivity contribution is 0.280. The summed E-state index contributed by atoms with van der Waals surface area (Å²) in [6.07, 6.45) is 3.91. The Morgan fingerprint density at radius 1 is 1.06 bits per heavy atom. The van der Waals surface area contributed by atoms with E-state index in [1.807, 2.05) is 0 Å². The summed E-state index contributed by atoms with van der Waals surface area (Å²) in [5, 5.41) is 22.5. The largest absolute Gasteiger partial charge is 0.494 e. The molecule has 0 saturated heterocycles. The van der Waals surface area contributed by atoms with Crippen LogP contribution in [0.5, 0.6) is 17.2 Å². The minimum Gasteiger partial charge on any atom is -0.494 e. The van der Waals surface area contributed by atoms with Gasteiger partial charge in [0.1, 0.15) is 6.61 Å². The maximum Gasteiger partial charge on any atom is 0.227 e. The number of methoxy groups -OCH3 is 2. The quantitative estimate of drug-likeness (QED) is 0.322. The maximum atomic E-state index is 14.4. The third-order valence-corrected chi connectivity index (χ3v) is 4.57. The number of hydrogen-bond donors (Lipinski definition) is 4. The first-order chi connectivity index (χ1) is 16.0. The molecule has 0 aliphatic heterocycles. The van der Waals surface area contributed by atoms with E-state index >= 15 is 0 Å². The molecule has 174 valence electrons. The van der Waals surface area contributed by atoms with E-state index in [0.29, 0.717) is 23.5 Å². The average Bonchev–Trinajstić information content (AvgIpc) is 2.84. The molecule has 3 aromatic rings. The zero-order chi connectivity index (χ0) is 23.8. The fourth-order valence-corrected chi connectivity index (χ4v) is 2.91. The fourth-order valence-electron chi connectivity index (χ4n) is 2.91. The molecule has 0 bridgehead atoms. The second-order valence-electron chi connectivity index (χ2n) is 6.64. The monoisotopic (exact) mass is 459 g/mol. The number of aromatic nitrogens is 2. The summed E-state index contributed by atoms with van der Waals surface area (Å²) in [6.45, 7) is -0.0781. The molecule has 0 atom stereocenters. The fraction of sp³-hybridized carbons (Fsp3) is 0.227. The van der Waals surface area contributed by atoms with Crippen LogP contribution in [0.1, 0.15) is 11.1 Å². The molecular formula is C22H23F2N5O4. The van der Waals surface area contributed by atoms with Gasteiger partial charge in [-0.15, -0.1) is 0 Å². The van der Waals surface area contributed by atoms with Crippen LogP contribution in [0.4, 0.5) is 26.1 Å². The van der Waals surface area contributed by atoms with Gasteiger partial charge in [-0.1, -0.05) is 0 Å². The average molecular weight is 459 g/mol. The lowest BCUT2D eigenvalue weighted by atomic mass is 10.1. The summed E-state index contributed by atoms with van der Waals surface area (Å²) in [4.78, 5) is 8.27. The highest BCUT2D eigenvalue weighted by Gasteiger charge is 2.20. The number of nitrogens with one attached hydrogen (secondary N) is 3. The van der Waals surface area contributed by atoms with Crippen LogP contribution in [0.15, 0.2) is 36.7 Å². The molecular weight excluding hydrogens is 436 g/mol. The summed E-state index contributed by atoms with van der Waals surface area (Å²) in [6, 6.07) is 6.38. The Hall–Kier alpha value is -3.99. The predicted molar refractivity (Wildman–Crippen MR) is 119 cm³/mol. The third-order valence-electron chi connectivity index (χ3n) is 4.57. The van der Waals surface area contributed by atoms with Crippen molar-refractivity contribution in [3.63, 3.8) is 0 Å². The van der Waals surface area contributed by atoms with Gasteiger partial charge in [-0.25, -0.2) is 18.7 Å². The van der Waals surface area contributed by atoms with Gasteiger partial charge in [-0.3, -0.25) is 0 Å². The Morgan fingerprint density at radius 3 is 2.30 bits per heavy atom. The number of hydrogen-bond acceptors (Lipinski definition) is 9.